The lowest BCUT2D eigenvalue weighted by Crippen LogP contribution is -2.46. The molecule has 8 heteroatoms. The number of aliphatic hydroxyl groups is 1. The molecular weight excluding hydrogens is 310 g/mol. The van der Waals surface area contributed by atoms with Gasteiger partial charge in [0.1, 0.15) is 11.7 Å². The zero-order valence-electron chi connectivity index (χ0n) is 12.1. The minimum atomic E-state index is -1.29. The first-order chi connectivity index (χ1) is 10.3. The fourth-order valence-corrected chi connectivity index (χ4v) is 1.78. The smallest absolute Gasteiger partial charge is 0.313 e. The van der Waals surface area contributed by atoms with Crippen molar-refractivity contribution in [1.82, 2.24) is 5.32 Å². The van der Waals surface area contributed by atoms with Crippen molar-refractivity contribution in [1.29, 1.82) is 5.26 Å². The van der Waals surface area contributed by atoms with Gasteiger partial charge in [0, 0.05) is 18.7 Å². The largest absolute Gasteiger partial charge is 0.386 e. The van der Waals surface area contributed by atoms with E-state index in [2.05, 4.69) is 10.6 Å². The van der Waals surface area contributed by atoms with E-state index in [0.29, 0.717) is 5.02 Å². The Hall–Kier alpha value is -2.14. The molecule has 0 aromatic heterocycles. The Kier molecular flexibility index (Phi) is 6.31. The summed E-state index contributed by atoms with van der Waals surface area (Å²) in [5, 5.41) is 23.7. The number of carbonyl (C=O) groups excluding carboxylic acids is 2. The third kappa shape index (κ3) is 5.33. The van der Waals surface area contributed by atoms with E-state index >= 15 is 0 Å². The van der Waals surface area contributed by atoms with Crippen molar-refractivity contribution in [2.24, 2.45) is 0 Å². The van der Waals surface area contributed by atoms with Gasteiger partial charge in [0.25, 0.3) is 0 Å². The van der Waals surface area contributed by atoms with E-state index in [1.54, 1.807) is 0 Å². The predicted molar refractivity (Wildman–Crippen MR) is 80.3 cm³/mol. The molecule has 0 spiro atoms. The van der Waals surface area contributed by atoms with E-state index in [9.17, 15) is 14.7 Å². The van der Waals surface area contributed by atoms with Gasteiger partial charge in [-0.05, 0) is 25.1 Å². The number of rotatable bonds is 5. The van der Waals surface area contributed by atoms with Gasteiger partial charge in [-0.3, -0.25) is 9.59 Å². The second kappa shape index (κ2) is 7.75. The van der Waals surface area contributed by atoms with Crippen LogP contribution in [-0.2, 0) is 14.3 Å². The van der Waals surface area contributed by atoms with E-state index < -0.39 is 17.4 Å². The fourth-order valence-electron chi connectivity index (χ4n) is 1.61. The van der Waals surface area contributed by atoms with E-state index in [-0.39, 0.29) is 24.4 Å². The van der Waals surface area contributed by atoms with E-state index in [1.165, 1.54) is 32.2 Å². The van der Waals surface area contributed by atoms with Crippen LogP contribution in [0.3, 0.4) is 0 Å². The Balaban J connectivity index is 2.68. The summed E-state index contributed by atoms with van der Waals surface area (Å²) in [6.45, 7) is 1.30. The van der Waals surface area contributed by atoms with Crippen LogP contribution in [0, 0.1) is 11.3 Å². The maximum absolute atomic E-state index is 11.8. The number of carbonyl (C=O) groups is 2. The second-order valence-electron chi connectivity index (χ2n) is 4.87. The van der Waals surface area contributed by atoms with Crippen molar-refractivity contribution < 1.29 is 19.4 Å². The minimum absolute atomic E-state index is 0.00176. The van der Waals surface area contributed by atoms with Gasteiger partial charge in [0.05, 0.1) is 17.9 Å². The van der Waals surface area contributed by atoms with Crippen LogP contribution in [0.15, 0.2) is 18.2 Å². The van der Waals surface area contributed by atoms with Gasteiger partial charge in [-0.2, -0.15) is 5.26 Å². The number of hydrogen-bond donors (Lipinski definition) is 3. The molecule has 1 aromatic rings. The van der Waals surface area contributed by atoms with Crippen LogP contribution in [0.2, 0.25) is 5.02 Å². The zero-order chi connectivity index (χ0) is 16.8. The van der Waals surface area contributed by atoms with Crippen molar-refractivity contribution >= 4 is 29.1 Å². The molecule has 0 aliphatic heterocycles. The van der Waals surface area contributed by atoms with Gasteiger partial charge in [0.2, 0.25) is 0 Å². The lowest BCUT2D eigenvalue weighted by atomic mass is 10.1. The fraction of sp³-hybridized carbons (Fsp3) is 0.357. The van der Waals surface area contributed by atoms with Gasteiger partial charge in [-0.1, -0.05) is 11.6 Å². The molecule has 1 atom stereocenters. The quantitative estimate of drug-likeness (QED) is 0.689. The SMILES string of the molecule is COCC(C)(O)CNC(=O)C(=O)Nc1cc(Cl)ccc1C#N. The highest BCUT2D eigenvalue weighted by Crippen LogP contribution is 2.20. The van der Waals surface area contributed by atoms with Crippen LogP contribution >= 0.6 is 11.6 Å². The Morgan fingerprint density at radius 3 is 2.73 bits per heavy atom. The van der Waals surface area contributed by atoms with E-state index in [4.69, 9.17) is 21.6 Å². The van der Waals surface area contributed by atoms with Gasteiger partial charge in [-0.25, -0.2) is 0 Å². The summed E-state index contributed by atoms with van der Waals surface area (Å²) in [6.07, 6.45) is 0. The lowest BCUT2D eigenvalue weighted by Gasteiger charge is -2.22. The van der Waals surface area contributed by atoms with Gasteiger partial charge in [0.15, 0.2) is 0 Å². The third-order valence-electron chi connectivity index (χ3n) is 2.64. The molecule has 0 aliphatic carbocycles. The summed E-state index contributed by atoms with van der Waals surface area (Å²) in [7, 11) is 1.41. The van der Waals surface area contributed by atoms with E-state index in [0.717, 1.165) is 0 Å². The maximum Gasteiger partial charge on any atom is 0.313 e. The van der Waals surface area contributed by atoms with Gasteiger partial charge >= 0.3 is 11.8 Å². The van der Waals surface area contributed by atoms with Crippen molar-refractivity contribution in [3.63, 3.8) is 0 Å². The topological polar surface area (TPSA) is 111 Å². The van der Waals surface area contributed by atoms with Crippen LogP contribution < -0.4 is 10.6 Å². The molecule has 2 amide bonds. The summed E-state index contributed by atoms with van der Waals surface area (Å²) < 4.78 is 4.79. The molecule has 0 bridgehead atoms. The molecule has 0 heterocycles. The number of hydrogen-bond acceptors (Lipinski definition) is 5. The van der Waals surface area contributed by atoms with Gasteiger partial charge in [-0.15, -0.1) is 0 Å². The Labute approximate surface area is 132 Å². The number of ether oxygens (including phenoxy) is 1. The van der Waals surface area contributed by atoms with Crippen LogP contribution in [0.5, 0.6) is 0 Å². The average Bonchev–Trinajstić information content (AvgIpc) is 2.45. The average molecular weight is 326 g/mol. The highest BCUT2D eigenvalue weighted by Gasteiger charge is 2.23. The molecule has 1 rings (SSSR count). The highest BCUT2D eigenvalue weighted by molar-refractivity contribution is 6.40. The monoisotopic (exact) mass is 325 g/mol. The Morgan fingerprint density at radius 2 is 2.14 bits per heavy atom. The maximum atomic E-state index is 11.8. The highest BCUT2D eigenvalue weighted by atomic mass is 35.5. The number of benzene rings is 1. The number of halogens is 1. The molecule has 0 aliphatic rings. The van der Waals surface area contributed by atoms with Gasteiger partial charge < -0.3 is 20.5 Å². The number of methoxy groups -OCH3 is 1. The first kappa shape index (κ1) is 17.9. The number of nitrogens with zero attached hydrogens (tertiary/aromatic N) is 1. The molecule has 0 radical (unpaired) electrons. The molecule has 1 unspecified atom stereocenters. The third-order valence-corrected chi connectivity index (χ3v) is 2.88. The van der Waals surface area contributed by atoms with Crippen LogP contribution in [-0.4, -0.2) is 42.8 Å². The number of amides is 2. The molecule has 3 N–H and O–H groups in total. The standard InChI is InChI=1S/C14H16ClN3O4/c1-14(21,8-22-2)7-17-12(19)13(20)18-11-5-10(15)4-3-9(11)6-16/h3-5,21H,7-8H2,1-2H3,(H,17,19)(H,18,20). The molecule has 118 valence electrons. The minimum Gasteiger partial charge on any atom is -0.386 e. The summed E-state index contributed by atoms with van der Waals surface area (Å²) in [5.74, 6) is -1.91. The lowest BCUT2D eigenvalue weighted by molar-refractivity contribution is -0.137. The molecule has 0 fully saturated rings. The number of nitrogens with one attached hydrogen (secondary N) is 2. The summed E-state index contributed by atoms with van der Waals surface area (Å²) in [4.78, 5) is 23.5. The predicted octanol–water partition coefficient (Wildman–Crippen LogP) is 0.664. The van der Waals surface area contributed by atoms with Crippen molar-refractivity contribution in [2.75, 3.05) is 25.6 Å². The summed E-state index contributed by atoms with van der Waals surface area (Å²) in [6, 6.07) is 6.17. The Bertz CT molecular complexity index is 611. The molecule has 1 aromatic carbocycles. The first-order valence-corrected chi connectivity index (χ1v) is 6.67. The van der Waals surface area contributed by atoms with Crippen LogP contribution in [0.25, 0.3) is 0 Å². The molecule has 0 saturated carbocycles. The molecule has 22 heavy (non-hydrogen) atoms. The molecular formula is C14H16ClN3O4. The number of nitriles is 1. The van der Waals surface area contributed by atoms with Crippen molar-refractivity contribution in [3.05, 3.63) is 28.8 Å². The van der Waals surface area contributed by atoms with Crippen molar-refractivity contribution in [3.8, 4) is 6.07 Å². The van der Waals surface area contributed by atoms with Crippen molar-refractivity contribution in [2.45, 2.75) is 12.5 Å². The Morgan fingerprint density at radius 1 is 1.45 bits per heavy atom. The normalized spacial score (nSPS) is 12.9. The van der Waals surface area contributed by atoms with Crippen LogP contribution in [0.1, 0.15) is 12.5 Å². The second-order valence-corrected chi connectivity index (χ2v) is 5.30. The number of anilines is 1. The molecule has 7 nitrogen and oxygen atoms in total. The molecule has 0 saturated heterocycles. The summed E-state index contributed by atoms with van der Waals surface area (Å²) >= 11 is 5.78. The summed E-state index contributed by atoms with van der Waals surface area (Å²) in [5.41, 5.74) is -0.978. The first-order valence-electron chi connectivity index (χ1n) is 6.29. The van der Waals surface area contributed by atoms with Crippen LogP contribution in [0.4, 0.5) is 5.69 Å². The van der Waals surface area contributed by atoms with E-state index in [1.807, 2.05) is 6.07 Å². The zero-order valence-corrected chi connectivity index (χ0v) is 12.9.